The number of aromatic nitrogens is 1. The third kappa shape index (κ3) is 7.19. The molecule has 0 radical (unpaired) electrons. The van der Waals surface area contributed by atoms with Crippen molar-refractivity contribution in [1.82, 2.24) is 9.88 Å². The summed E-state index contributed by atoms with van der Waals surface area (Å²) in [5.74, 6) is 1.88. The highest BCUT2D eigenvalue weighted by molar-refractivity contribution is 6.04. The van der Waals surface area contributed by atoms with Crippen LogP contribution < -0.4 is 15.0 Å². The molecule has 1 aromatic heterocycles. The van der Waals surface area contributed by atoms with E-state index in [9.17, 15) is 9.90 Å². The predicted molar refractivity (Wildman–Crippen MR) is 126 cm³/mol. The molecule has 2 N–H and O–H groups in total. The summed E-state index contributed by atoms with van der Waals surface area (Å²) >= 11 is 0. The Morgan fingerprint density at radius 3 is 2.41 bits per heavy atom. The number of piperazine rings is 1. The number of nitrogens with one attached hydrogen (secondary N) is 1. The first-order chi connectivity index (χ1) is 15.4. The predicted octanol–water partition coefficient (Wildman–Crippen LogP) is 2.50. The van der Waals surface area contributed by atoms with Crippen molar-refractivity contribution in [1.29, 1.82) is 0 Å². The molecule has 1 fully saturated rings. The number of anilines is 2. The highest BCUT2D eigenvalue weighted by Gasteiger charge is 2.20. The van der Waals surface area contributed by atoms with Gasteiger partial charge in [-0.05, 0) is 42.3 Å². The minimum absolute atomic E-state index is 0.188. The normalized spacial score (nSPS) is 15.6. The Morgan fingerprint density at radius 2 is 1.81 bits per heavy atom. The van der Waals surface area contributed by atoms with Crippen LogP contribution in [0.2, 0.25) is 0 Å². The van der Waals surface area contributed by atoms with Crippen molar-refractivity contribution in [2.24, 2.45) is 5.92 Å². The summed E-state index contributed by atoms with van der Waals surface area (Å²) in [6, 6.07) is 10.8. The first-order valence-corrected chi connectivity index (χ1v) is 11.1. The number of hydrogen-bond donors (Lipinski definition) is 2. The molecule has 3 rings (SSSR count). The van der Waals surface area contributed by atoms with Gasteiger partial charge in [0.25, 0.3) is 5.91 Å². The Bertz CT molecular complexity index is 834. The molecule has 1 saturated heterocycles. The van der Waals surface area contributed by atoms with Gasteiger partial charge in [-0.2, -0.15) is 0 Å². The highest BCUT2D eigenvalue weighted by Crippen LogP contribution is 2.18. The van der Waals surface area contributed by atoms with Crippen LogP contribution in [0.3, 0.4) is 0 Å². The van der Waals surface area contributed by atoms with Crippen molar-refractivity contribution in [3.8, 4) is 5.75 Å². The van der Waals surface area contributed by atoms with Crippen LogP contribution in [0, 0.1) is 5.92 Å². The van der Waals surface area contributed by atoms with Crippen LogP contribution in [0.1, 0.15) is 24.2 Å². The zero-order valence-corrected chi connectivity index (χ0v) is 19.2. The number of amides is 1. The lowest BCUT2D eigenvalue weighted by Gasteiger charge is -2.36. The number of benzene rings is 1. The molecule has 1 aliphatic heterocycles. The van der Waals surface area contributed by atoms with Crippen LogP contribution in [-0.2, 0) is 4.74 Å². The minimum atomic E-state index is -0.466. The van der Waals surface area contributed by atoms with Gasteiger partial charge < -0.3 is 24.8 Å². The molecule has 2 aromatic rings. The van der Waals surface area contributed by atoms with E-state index in [-0.39, 0.29) is 5.91 Å². The third-order valence-corrected chi connectivity index (χ3v) is 5.28. The fourth-order valence-corrected chi connectivity index (χ4v) is 3.54. The number of pyridine rings is 1. The van der Waals surface area contributed by atoms with Gasteiger partial charge in [-0.25, -0.2) is 4.98 Å². The number of methoxy groups -OCH3 is 1. The molecule has 8 nitrogen and oxygen atoms in total. The smallest absolute Gasteiger partial charge is 0.255 e. The molecule has 8 heteroatoms. The van der Waals surface area contributed by atoms with Crippen molar-refractivity contribution < 1.29 is 19.4 Å². The number of hydrogen-bond acceptors (Lipinski definition) is 7. The van der Waals surface area contributed by atoms with Crippen molar-refractivity contribution in [2.75, 3.05) is 63.3 Å². The lowest BCUT2D eigenvalue weighted by atomic mass is 10.2. The first kappa shape index (κ1) is 24.0. The highest BCUT2D eigenvalue weighted by atomic mass is 16.5. The summed E-state index contributed by atoms with van der Waals surface area (Å²) < 4.78 is 10.7. The fraction of sp³-hybridized carbons (Fsp3) is 0.500. The zero-order chi connectivity index (χ0) is 22.9. The second kappa shape index (κ2) is 11.8. The summed E-state index contributed by atoms with van der Waals surface area (Å²) in [6.07, 6.45) is 1.21. The molecule has 32 heavy (non-hydrogen) atoms. The number of rotatable bonds is 10. The maximum absolute atomic E-state index is 12.4. The molecule has 0 saturated carbocycles. The maximum Gasteiger partial charge on any atom is 0.255 e. The molecule has 0 aliphatic carbocycles. The molecule has 174 valence electrons. The quantitative estimate of drug-likeness (QED) is 0.585. The van der Waals surface area contributed by atoms with Crippen LogP contribution in [0.15, 0.2) is 42.6 Å². The van der Waals surface area contributed by atoms with E-state index in [0.29, 0.717) is 42.7 Å². The number of carbonyl (C=O) groups excluding carboxylic acids is 1. The number of aliphatic hydroxyl groups is 1. The molecule has 0 bridgehead atoms. The second-order valence-corrected chi connectivity index (χ2v) is 8.46. The number of ether oxygens (including phenoxy) is 2. The Morgan fingerprint density at radius 1 is 1.09 bits per heavy atom. The van der Waals surface area contributed by atoms with Crippen LogP contribution in [0.5, 0.6) is 5.75 Å². The van der Waals surface area contributed by atoms with E-state index in [1.807, 2.05) is 12.1 Å². The summed E-state index contributed by atoms with van der Waals surface area (Å²) in [5, 5.41) is 13.0. The largest absolute Gasteiger partial charge is 0.497 e. The summed E-state index contributed by atoms with van der Waals surface area (Å²) in [7, 11) is 1.59. The second-order valence-electron chi connectivity index (χ2n) is 8.46. The molecule has 1 aliphatic rings. The topological polar surface area (TPSA) is 87.2 Å². The summed E-state index contributed by atoms with van der Waals surface area (Å²) in [5.41, 5.74) is 1.21. The van der Waals surface area contributed by atoms with Gasteiger partial charge >= 0.3 is 0 Å². The van der Waals surface area contributed by atoms with Gasteiger partial charge in [0.1, 0.15) is 11.6 Å². The Balaban J connectivity index is 1.44. The van der Waals surface area contributed by atoms with Crippen LogP contribution in [0.25, 0.3) is 0 Å². The number of β-amino-alcohol motifs (C(OH)–C–C–N with tert-alkyl or cyclic N) is 1. The summed E-state index contributed by atoms with van der Waals surface area (Å²) in [6.45, 7) is 9.26. The molecule has 1 aromatic carbocycles. The van der Waals surface area contributed by atoms with Crippen molar-refractivity contribution in [3.63, 3.8) is 0 Å². The van der Waals surface area contributed by atoms with E-state index in [1.165, 1.54) is 0 Å². The van der Waals surface area contributed by atoms with Gasteiger partial charge in [-0.3, -0.25) is 9.69 Å². The Labute approximate surface area is 190 Å². The molecular weight excluding hydrogens is 408 g/mol. The van der Waals surface area contributed by atoms with E-state index in [0.717, 1.165) is 32.0 Å². The van der Waals surface area contributed by atoms with Gasteiger partial charge in [0, 0.05) is 44.9 Å². The van der Waals surface area contributed by atoms with E-state index in [4.69, 9.17) is 9.47 Å². The zero-order valence-electron chi connectivity index (χ0n) is 19.2. The van der Waals surface area contributed by atoms with E-state index in [2.05, 4.69) is 33.9 Å². The Kier molecular flexibility index (Phi) is 8.84. The lowest BCUT2D eigenvalue weighted by Crippen LogP contribution is -2.49. The molecule has 1 unspecified atom stereocenters. The lowest BCUT2D eigenvalue weighted by molar-refractivity contribution is 0.00745. The fourth-order valence-electron chi connectivity index (χ4n) is 3.54. The molecule has 0 spiro atoms. The summed E-state index contributed by atoms with van der Waals surface area (Å²) in [4.78, 5) is 21.4. The monoisotopic (exact) mass is 442 g/mol. The SMILES string of the molecule is COc1ccc(C(=O)Nc2ccc(N3CCN(CC(O)COCC(C)C)CC3)nc2)cc1. The van der Waals surface area contributed by atoms with Crippen LogP contribution in [-0.4, -0.2) is 80.0 Å². The number of aliphatic hydroxyl groups excluding tert-OH is 1. The minimum Gasteiger partial charge on any atom is -0.497 e. The number of nitrogens with zero attached hydrogens (tertiary/aromatic N) is 3. The average molecular weight is 443 g/mol. The van der Waals surface area contributed by atoms with Crippen LogP contribution in [0.4, 0.5) is 11.5 Å². The maximum atomic E-state index is 12.4. The standard InChI is InChI=1S/C24H34N4O4/c1-18(2)16-32-17-21(29)15-27-10-12-28(13-11-27)23-9-6-20(14-25-23)26-24(30)19-4-7-22(31-3)8-5-19/h4-9,14,18,21,29H,10-13,15-17H2,1-3H3,(H,26,30). The van der Waals surface area contributed by atoms with Gasteiger partial charge in [-0.1, -0.05) is 13.8 Å². The number of carbonyl (C=O) groups is 1. The molecular formula is C24H34N4O4. The van der Waals surface area contributed by atoms with Gasteiger partial charge in [0.2, 0.25) is 0 Å². The van der Waals surface area contributed by atoms with Gasteiger partial charge in [0.15, 0.2) is 0 Å². The van der Waals surface area contributed by atoms with Gasteiger partial charge in [0.05, 0.1) is 31.7 Å². The first-order valence-electron chi connectivity index (χ1n) is 11.1. The van der Waals surface area contributed by atoms with Crippen molar-refractivity contribution >= 4 is 17.4 Å². The van der Waals surface area contributed by atoms with Crippen molar-refractivity contribution in [3.05, 3.63) is 48.2 Å². The van der Waals surface area contributed by atoms with Crippen molar-refractivity contribution in [2.45, 2.75) is 20.0 Å². The third-order valence-electron chi connectivity index (χ3n) is 5.28. The van der Waals surface area contributed by atoms with E-state index in [1.54, 1.807) is 37.6 Å². The van der Waals surface area contributed by atoms with Crippen LogP contribution >= 0.6 is 0 Å². The Hall–Kier alpha value is -2.68. The van der Waals surface area contributed by atoms with E-state index >= 15 is 0 Å². The van der Waals surface area contributed by atoms with E-state index < -0.39 is 6.10 Å². The molecule has 2 heterocycles. The van der Waals surface area contributed by atoms with Gasteiger partial charge in [-0.15, -0.1) is 0 Å². The molecule has 1 atom stereocenters. The average Bonchev–Trinajstić information content (AvgIpc) is 2.80. The molecule has 1 amide bonds.